The maximum Gasteiger partial charge on any atom is 0.155 e. The summed E-state index contributed by atoms with van der Waals surface area (Å²) >= 11 is 0. The monoisotopic (exact) mass is 208 g/mol. The van der Waals surface area contributed by atoms with Gasteiger partial charge in [0.2, 0.25) is 0 Å². The Morgan fingerprint density at radius 2 is 2.27 bits per heavy atom. The molecule has 0 fully saturated rings. The highest BCUT2D eigenvalue weighted by Gasteiger charge is 2.12. The number of imidazole rings is 1. The molecular weight excluding hydrogens is 188 g/mol. The van der Waals surface area contributed by atoms with Gasteiger partial charge in [-0.3, -0.25) is 4.79 Å². The van der Waals surface area contributed by atoms with E-state index < -0.39 is 0 Å². The molecule has 0 saturated heterocycles. The second kappa shape index (κ2) is 5.69. The van der Waals surface area contributed by atoms with Gasteiger partial charge in [0.05, 0.1) is 6.54 Å². The summed E-state index contributed by atoms with van der Waals surface area (Å²) in [5.41, 5.74) is 0. The minimum atomic E-state index is 0.155. The van der Waals surface area contributed by atoms with Crippen LogP contribution in [0.25, 0.3) is 0 Å². The number of aryl methyl sites for hydroxylation is 1. The molecule has 1 aromatic rings. The second-order valence-electron chi connectivity index (χ2n) is 4.00. The van der Waals surface area contributed by atoms with Gasteiger partial charge in [-0.15, -0.1) is 0 Å². The molecule has 3 heteroatoms. The van der Waals surface area contributed by atoms with E-state index in [0.29, 0.717) is 12.3 Å². The first kappa shape index (κ1) is 12.0. The summed E-state index contributed by atoms with van der Waals surface area (Å²) in [6.07, 6.45) is 6.59. The van der Waals surface area contributed by atoms with Gasteiger partial charge in [0.15, 0.2) is 5.78 Å². The highest BCUT2D eigenvalue weighted by Crippen LogP contribution is 2.07. The smallest absolute Gasteiger partial charge is 0.155 e. The molecule has 0 aromatic carbocycles. The normalized spacial score (nSPS) is 12.7. The van der Waals surface area contributed by atoms with E-state index in [0.717, 1.165) is 25.1 Å². The molecule has 0 aliphatic carbocycles. The third kappa shape index (κ3) is 3.18. The highest BCUT2D eigenvalue weighted by atomic mass is 16.1. The summed E-state index contributed by atoms with van der Waals surface area (Å²) in [7, 11) is 0. The van der Waals surface area contributed by atoms with E-state index >= 15 is 0 Å². The van der Waals surface area contributed by atoms with E-state index in [2.05, 4.69) is 11.9 Å². The molecule has 15 heavy (non-hydrogen) atoms. The Balaban J connectivity index is 2.63. The molecule has 0 aliphatic heterocycles. The van der Waals surface area contributed by atoms with Crippen molar-refractivity contribution in [1.82, 2.24) is 9.55 Å². The van der Waals surface area contributed by atoms with Crippen LogP contribution in [0.5, 0.6) is 0 Å². The number of ketones is 1. The van der Waals surface area contributed by atoms with E-state index in [1.165, 1.54) is 0 Å². The lowest BCUT2D eigenvalue weighted by Gasteiger charge is -2.10. The number of carbonyl (C=O) groups is 1. The molecule has 1 aromatic heterocycles. The molecule has 0 N–H and O–H groups in total. The molecule has 0 aliphatic rings. The minimum absolute atomic E-state index is 0.155. The van der Waals surface area contributed by atoms with Gasteiger partial charge >= 0.3 is 0 Å². The average molecular weight is 208 g/mol. The number of carbonyl (C=O) groups excluding carboxylic acids is 1. The molecule has 0 spiro atoms. The van der Waals surface area contributed by atoms with Crippen molar-refractivity contribution in [1.29, 1.82) is 0 Å². The molecule has 0 saturated carbocycles. The van der Waals surface area contributed by atoms with Crippen LogP contribution in [0.4, 0.5) is 0 Å². The van der Waals surface area contributed by atoms with Crippen molar-refractivity contribution < 1.29 is 4.79 Å². The van der Waals surface area contributed by atoms with Gasteiger partial charge in [-0.2, -0.15) is 0 Å². The van der Waals surface area contributed by atoms with E-state index in [1.54, 1.807) is 6.20 Å². The van der Waals surface area contributed by atoms with Crippen LogP contribution in [0.15, 0.2) is 12.4 Å². The van der Waals surface area contributed by atoms with Gasteiger partial charge < -0.3 is 4.57 Å². The fourth-order valence-electron chi connectivity index (χ4n) is 1.49. The molecule has 1 unspecified atom stereocenters. The first-order valence-electron chi connectivity index (χ1n) is 5.71. The zero-order valence-electron chi connectivity index (χ0n) is 9.86. The van der Waals surface area contributed by atoms with Gasteiger partial charge in [0.1, 0.15) is 5.82 Å². The predicted octanol–water partition coefficient (Wildman–Crippen LogP) is 2.45. The summed E-state index contributed by atoms with van der Waals surface area (Å²) in [5.74, 6) is 1.48. The van der Waals surface area contributed by atoms with Crippen LogP contribution in [0.3, 0.4) is 0 Å². The summed E-state index contributed by atoms with van der Waals surface area (Å²) in [4.78, 5) is 16.0. The average Bonchev–Trinajstić information content (AvgIpc) is 2.65. The SMILES string of the molecule is CCCc1nccn1CC(=O)C(C)CC. The number of aromatic nitrogens is 2. The second-order valence-corrected chi connectivity index (χ2v) is 4.00. The predicted molar refractivity (Wildman–Crippen MR) is 60.7 cm³/mol. The van der Waals surface area contributed by atoms with Crippen molar-refractivity contribution >= 4 is 5.78 Å². The number of rotatable bonds is 6. The van der Waals surface area contributed by atoms with Crippen LogP contribution in [-0.2, 0) is 17.8 Å². The van der Waals surface area contributed by atoms with Crippen molar-refractivity contribution in [3.05, 3.63) is 18.2 Å². The Morgan fingerprint density at radius 3 is 2.87 bits per heavy atom. The Morgan fingerprint density at radius 1 is 1.53 bits per heavy atom. The topological polar surface area (TPSA) is 34.9 Å². The molecule has 0 radical (unpaired) electrons. The Hall–Kier alpha value is -1.12. The van der Waals surface area contributed by atoms with E-state index in [-0.39, 0.29) is 5.92 Å². The van der Waals surface area contributed by atoms with Crippen LogP contribution in [0.1, 0.15) is 39.4 Å². The number of Topliss-reactive ketones (excluding diaryl/α,β-unsaturated/α-hetero) is 1. The maximum atomic E-state index is 11.7. The Labute approximate surface area is 91.5 Å². The molecule has 1 rings (SSSR count). The molecule has 1 atom stereocenters. The zero-order valence-corrected chi connectivity index (χ0v) is 9.86. The van der Waals surface area contributed by atoms with Crippen LogP contribution >= 0.6 is 0 Å². The third-order valence-electron chi connectivity index (χ3n) is 2.76. The van der Waals surface area contributed by atoms with Crippen molar-refractivity contribution in [2.45, 2.75) is 46.6 Å². The van der Waals surface area contributed by atoms with E-state index in [1.807, 2.05) is 24.6 Å². The molecular formula is C12H20N2O. The van der Waals surface area contributed by atoms with Crippen molar-refractivity contribution in [3.8, 4) is 0 Å². The van der Waals surface area contributed by atoms with Crippen molar-refractivity contribution in [3.63, 3.8) is 0 Å². The van der Waals surface area contributed by atoms with E-state index in [9.17, 15) is 4.79 Å². The standard InChI is InChI=1S/C12H20N2O/c1-4-6-12-13-7-8-14(12)9-11(15)10(3)5-2/h7-8,10H,4-6,9H2,1-3H3. The first-order chi connectivity index (χ1) is 7.19. The molecule has 3 nitrogen and oxygen atoms in total. The maximum absolute atomic E-state index is 11.7. The summed E-state index contributed by atoms with van der Waals surface area (Å²) in [5, 5.41) is 0. The third-order valence-corrected chi connectivity index (χ3v) is 2.76. The summed E-state index contributed by atoms with van der Waals surface area (Å²) < 4.78 is 1.97. The lowest BCUT2D eigenvalue weighted by atomic mass is 10.0. The van der Waals surface area contributed by atoms with Gasteiger partial charge in [0.25, 0.3) is 0 Å². The zero-order chi connectivity index (χ0) is 11.3. The van der Waals surface area contributed by atoms with Gasteiger partial charge in [0, 0.05) is 24.7 Å². The van der Waals surface area contributed by atoms with Crippen LogP contribution < -0.4 is 0 Å². The molecule has 0 amide bonds. The van der Waals surface area contributed by atoms with Crippen molar-refractivity contribution in [2.24, 2.45) is 5.92 Å². The van der Waals surface area contributed by atoms with Crippen LogP contribution in [-0.4, -0.2) is 15.3 Å². The highest BCUT2D eigenvalue weighted by molar-refractivity contribution is 5.80. The fraction of sp³-hybridized carbons (Fsp3) is 0.667. The largest absolute Gasteiger partial charge is 0.327 e. The lowest BCUT2D eigenvalue weighted by Crippen LogP contribution is -2.18. The minimum Gasteiger partial charge on any atom is -0.327 e. The Kier molecular flexibility index (Phi) is 4.53. The van der Waals surface area contributed by atoms with E-state index in [4.69, 9.17) is 0 Å². The summed E-state index contributed by atoms with van der Waals surface area (Å²) in [6.45, 7) is 6.63. The van der Waals surface area contributed by atoms with Gasteiger partial charge in [-0.1, -0.05) is 20.8 Å². The van der Waals surface area contributed by atoms with Gasteiger partial charge in [-0.05, 0) is 12.8 Å². The Bertz CT molecular complexity index is 317. The molecule has 84 valence electrons. The molecule has 0 bridgehead atoms. The quantitative estimate of drug-likeness (QED) is 0.719. The van der Waals surface area contributed by atoms with Crippen molar-refractivity contribution in [2.75, 3.05) is 0 Å². The molecule has 1 heterocycles. The number of hydrogen-bond acceptors (Lipinski definition) is 2. The number of hydrogen-bond donors (Lipinski definition) is 0. The fourth-order valence-corrected chi connectivity index (χ4v) is 1.49. The first-order valence-corrected chi connectivity index (χ1v) is 5.71. The number of nitrogens with zero attached hydrogens (tertiary/aromatic N) is 2. The lowest BCUT2D eigenvalue weighted by molar-refractivity contribution is -0.123. The summed E-state index contributed by atoms with van der Waals surface area (Å²) in [6, 6.07) is 0. The van der Waals surface area contributed by atoms with Gasteiger partial charge in [-0.25, -0.2) is 4.98 Å². The van der Waals surface area contributed by atoms with Crippen LogP contribution in [0, 0.1) is 5.92 Å². The van der Waals surface area contributed by atoms with Crippen LogP contribution in [0.2, 0.25) is 0 Å².